The van der Waals surface area contributed by atoms with Gasteiger partial charge in [0.05, 0.1) is 17.6 Å². The number of nitrogens with one attached hydrogen (secondary N) is 1. The van der Waals surface area contributed by atoms with E-state index in [4.69, 9.17) is 4.74 Å². The highest BCUT2D eigenvalue weighted by atomic mass is 16.6. The SMILES string of the molecule is COc1[nH]c2ccc([N+](=O)[O-])cc2c1-c1ccccc1. The number of aromatic amines is 1. The number of rotatable bonds is 3. The van der Waals surface area contributed by atoms with E-state index in [0.29, 0.717) is 5.88 Å². The maximum Gasteiger partial charge on any atom is 0.270 e. The third-order valence-corrected chi connectivity index (χ3v) is 3.23. The minimum absolute atomic E-state index is 0.0661. The zero-order valence-electron chi connectivity index (χ0n) is 10.8. The largest absolute Gasteiger partial charge is 0.482 e. The summed E-state index contributed by atoms with van der Waals surface area (Å²) in [4.78, 5) is 13.7. The normalized spacial score (nSPS) is 10.7. The quantitative estimate of drug-likeness (QED) is 0.581. The second-order valence-electron chi connectivity index (χ2n) is 4.39. The molecule has 0 aliphatic rings. The van der Waals surface area contributed by atoms with E-state index in [2.05, 4.69) is 4.98 Å². The molecule has 5 heteroatoms. The van der Waals surface area contributed by atoms with Crippen molar-refractivity contribution in [3.05, 3.63) is 58.6 Å². The van der Waals surface area contributed by atoms with Crippen molar-refractivity contribution in [2.24, 2.45) is 0 Å². The molecule has 0 saturated heterocycles. The van der Waals surface area contributed by atoms with Crippen LogP contribution in [-0.4, -0.2) is 17.0 Å². The van der Waals surface area contributed by atoms with Crippen molar-refractivity contribution in [1.29, 1.82) is 0 Å². The van der Waals surface area contributed by atoms with Gasteiger partial charge in [0.25, 0.3) is 5.69 Å². The highest BCUT2D eigenvalue weighted by Gasteiger charge is 2.16. The summed E-state index contributed by atoms with van der Waals surface area (Å²) in [5.74, 6) is 0.603. The first-order valence-corrected chi connectivity index (χ1v) is 6.10. The van der Waals surface area contributed by atoms with Crippen LogP contribution in [0.2, 0.25) is 0 Å². The second-order valence-corrected chi connectivity index (χ2v) is 4.39. The lowest BCUT2D eigenvalue weighted by molar-refractivity contribution is -0.384. The molecule has 0 saturated carbocycles. The first-order valence-electron chi connectivity index (χ1n) is 6.10. The van der Waals surface area contributed by atoms with Crippen LogP contribution in [0, 0.1) is 10.1 Å². The van der Waals surface area contributed by atoms with Crippen molar-refractivity contribution in [2.45, 2.75) is 0 Å². The third-order valence-electron chi connectivity index (χ3n) is 3.23. The molecular weight excluding hydrogens is 256 g/mol. The van der Waals surface area contributed by atoms with Gasteiger partial charge >= 0.3 is 0 Å². The third kappa shape index (κ3) is 1.89. The Morgan fingerprint density at radius 1 is 1.15 bits per heavy atom. The second kappa shape index (κ2) is 4.70. The smallest absolute Gasteiger partial charge is 0.270 e. The van der Waals surface area contributed by atoms with Crippen LogP contribution in [0.5, 0.6) is 5.88 Å². The maximum atomic E-state index is 10.9. The van der Waals surface area contributed by atoms with Gasteiger partial charge in [0.1, 0.15) is 0 Å². The number of ether oxygens (including phenoxy) is 1. The summed E-state index contributed by atoms with van der Waals surface area (Å²) in [7, 11) is 1.57. The zero-order valence-corrected chi connectivity index (χ0v) is 10.8. The standard InChI is InChI=1S/C15H12N2O3/c1-20-15-14(10-5-3-2-4-6-10)12-9-11(17(18)19)7-8-13(12)16-15/h2-9,16H,1H3. The average Bonchev–Trinajstić information content (AvgIpc) is 2.85. The summed E-state index contributed by atoms with van der Waals surface area (Å²) in [6.45, 7) is 0. The van der Waals surface area contributed by atoms with E-state index < -0.39 is 4.92 Å². The van der Waals surface area contributed by atoms with Gasteiger partial charge in [-0.25, -0.2) is 0 Å². The summed E-state index contributed by atoms with van der Waals surface area (Å²) < 4.78 is 5.36. The molecular formula is C15H12N2O3. The number of fused-ring (bicyclic) bond motifs is 1. The molecule has 1 N–H and O–H groups in total. The highest BCUT2D eigenvalue weighted by molar-refractivity contribution is 6.00. The van der Waals surface area contributed by atoms with Gasteiger partial charge in [-0.15, -0.1) is 0 Å². The van der Waals surface area contributed by atoms with Crippen molar-refractivity contribution in [3.8, 4) is 17.0 Å². The average molecular weight is 268 g/mol. The monoisotopic (exact) mass is 268 g/mol. The molecule has 1 heterocycles. The molecule has 100 valence electrons. The van der Waals surface area contributed by atoms with Gasteiger partial charge in [0, 0.05) is 23.0 Å². The Kier molecular flexibility index (Phi) is 2.87. The Balaban J connectivity index is 2.32. The van der Waals surface area contributed by atoms with Gasteiger partial charge in [-0.2, -0.15) is 0 Å². The summed E-state index contributed by atoms with van der Waals surface area (Å²) in [5.41, 5.74) is 2.67. The predicted molar refractivity (Wildman–Crippen MR) is 76.9 cm³/mol. The van der Waals surface area contributed by atoms with Gasteiger partial charge in [0.2, 0.25) is 0 Å². The van der Waals surface area contributed by atoms with Crippen molar-refractivity contribution >= 4 is 16.6 Å². The number of benzene rings is 2. The van der Waals surface area contributed by atoms with E-state index in [1.165, 1.54) is 6.07 Å². The fourth-order valence-corrected chi connectivity index (χ4v) is 2.31. The molecule has 1 aromatic heterocycles. The summed E-state index contributed by atoms with van der Waals surface area (Å²) >= 11 is 0. The molecule has 5 nitrogen and oxygen atoms in total. The van der Waals surface area contributed by atoms with E-state index >= 15 is 0 Å². The molecule has 0 amide bonds. The lowest BCUT2D eigenvalue weighted by Gasteiger charge is -2.03. The zero-order chi connectivity index (χ0) is 14.1. The molecule has 3 aromatic rings. The Morgan fingerprint density at radius 2 is 1.90 bits per heavy atom. The van der Waals surface area contributed by atoms with Crippen molar-refractivity contribution in [2.75, 3.05) is 7.11 Å². The van der Waals surface area contributed by atoms with Crippen LogP contribution in [-0.2, 0) is 0 Å². The Morgan fingerprint density at radius 3 is 2.55 bits per heavy atom. The van der Waals surface area contributed by atoms with Crippen LogP contribution < -0.4 is 4.74 Å². The first-order chi connectivity index (χ1) is 9.70. The molecule has 0 bridgehead atoms. The maximum absolute atomic E-state index is 10.9. The van der Waals surface area contributed by atoms with Crippen molar-refractivity contribution < 1.29 is 9.66 Å². The lowest BCUT2D eigenvalue weighted by Crippen LogP contribution is -1.87. The lowest BCUT2D eigenvalue weighted by atomic mass is 10.0. The fourth-order valence-electron chi connectivity index (χ4n) is 2.31. The van der Waals surface area contributed by atoms with E-state index in [-0.39, 0.29) is 5.69 Å². The number of aromatic nitrogens is 1. The van der Waals surface area contributed by atoms with Gasteiger partial charge in [-0.05, 0) is 11.6 Å². The summed E-state index contributed by atoms with van der Waals surface area (Å²) in [6.07, 6.45) is 0. The van der Waals surface area contributed by atoms with Gasteiger partial charge in [-0.3, -0.25) is 10.1 Å². The molecule has 0 radical (unpaired) electrons. The molecule has 20 heavy (non-hydrogen) atoms. The molecule has 3 rings (SSSR count). The van der Waals surface area contributed by atoms with Gasteiger partial charge in [-0.1, -0.05) is 30.3 Å². The van der Waals surface area contributed by atoms with Crippen LogP contribution in [0.3, 0.4) is 0 Å². The number of non-ortho nitro benzene ring substituents is 1. The molecule has 0 atom stereocenters. The van der Waals surface area contributed by atoms with Gasteiger partial charge < -0.3 is 9.72 Å². The van der Waals surface area contributed by atoms with E-state index in [1.807, 2.05) is 30.3 Å². The molecule has 0 fully saturated rings. The molecule has 0 aliphatic carbocycles. The van der Waals surface area contributed by atoms with Crippen LogP contribution in [0.1, 0.15) is 0 Å². The fraction of sp³-hybridized carbons (Fsp3) is 0.0667. The van der Waals surface area contributed by atoms with Crippen LogP contribution in [0.4, 0.5) is 5.69 Å². The number of hydrogen-bond donors (Lipinski definition) is 1. The Bertz CT molecular complexity index is 778. The molecule has 2 aromatic carbocycles. The van der Waals surface area contributed by atoms with Gasteiger partial charge in [0.15, 0.2) is 5.88 Å². The molecule has 0 unspecified atom stereocenters. The number of nitro benzene ring substituents is 1. The number of H-pyrrole nitrogens is 1. The molecule has 0 spiro atoms. The van der Waals surface area contributed by atoms with Crippen molar-refractivity contribution in [1.82, 2.24) is 4.98 Å². The highest BCUT2D eigenvalue weighted by Crippen LogP contribution is 2.38. The van der Waals surface area contributed by atoms with E-state index in [0.717, 1.165) is 22.0 Å². The van der Waals surface area contributed by atoms with Crippen molar-refractivity contribution in [3.63, 3.8) is 0 Å². The van der Waals surface area contributed by atoms with Crippen LogP contribution >= 0.6 is 0 Å². The first kappa shape index (κ1) is 12.2. The Hall–Kier alpha value is -2.82. The number of nitrogens with zero attached hydrogens (tertiary/aromatic N) is 1. The number of hydrogen-bond acceptors (Lipinski definition) is 3. The molecule has 0 aliphatic heterocycles. The summed E-state index contributed by atoms with van der Waals surface area (Å²) in [5, 5.41) is 11.7. The number of methoxy groups -OCH3 is 1. The predicted octanol–water partition coefficient (Wildman–Crippen LogP) is 3.75. The van der Waals surface area contributed by atoms with Crippen LogP contribution in [0.25, 0.3) is 22.0 Å². The van der Waals surface area contributed by atoms with E-state index in [9.17, 15) is 10.1 Å². The van der Waals surface area contributed by atoms with E-state index in [1.54, 1.807) is 19.2 Å². The van der Waals surface area contributed by atoms with Crippen LogP contribution in [0.15, 0.2) is 48.5 Å². The number of nitro groups is 1. The minimum Gasteiger partial charge on any atom is -0.482 e. The minimum atomic E-state index is -0.395. The Labute approximate surface area is 115 Å². The summed E-state index contributed by atoms with van der Waals surface area (Å²) in [6, 6.07) is 14.4. The topological polar surface area (TPSA) is 68.2 Å².